The monoisotopic (exact) mass is 521 g/mol. The van der Waals surface area contributed by atoms with Crippen LogP contribution in [-0.4, -0.2) is 74.7 Å². The van der Waals surface area contributed by atoms with Crippen LogP contribution < -0.4 is 0 Å². The summed E-state index contributed by atoms with van der Waals surface area (Å²) >= 11 is 0. The molecule has 6 rings (SSSR count). The zero-order valence-electron chi connectivity index (χ0n) is 21.6. The number of phenolic OH excluding ortho intramolecular Hbond substituents is 2. The Bertz CT molecular complexity index is 1380. The van der Waals surface area contributed by atoms with E-state index in [4.69, 9.17) is 9.47 Å². The number of Topliss-reactive ketones (excluding diaryl/α,β-unsaturated/α-hetero) is 1. The molecule has 3 unspecified atom stereocenters. The van der Waals surface area contributed by atoms with E-state index in [0.29, 0.717) is 6.42 Å². The first-order chi connectivity index (χ1) is 18.0. The molecule has 2 saturated heterocycles. The SMILES string of the molecule is CC(=O)[C@]1(O)Cc2c(O)c3c(c(O)c2[C@@H](O[C@H]2CC(N4CC4)C(C)C(C)O2)C1)C(=O)c1ccccc1C3=O. The molecule has 200 valence electrons. The van der Waals surface area contributed by atoms with Crippen molar-refractivity contribution in [2.24, 2.45) is 5.92 Å². The fourth-order valence-electron chi connectivity index (χ4n) is 6.35. The predicted molar refractivity (Wildman–Crippen MR) is 134 cm³/mol. The molecule has 0 aromatic heterocycles. The first-order valence-corrected chi connectivity index (χ1v) is 13.1. The van der Waals surface area contributed by atoms with Crippen molar-refractivity contribution in [3.8, 4) is 11.5 Å². The molecule has 3 N–H and O–H groups in total. The molecule has 0 amide bonds. The number of hydrogen-bond donors (Lipinski definition) is 3. The zero-order chi connectivity index (χ0) is 27.1. The second-order valence-electron chi connectivity index (χ2n) is 11.1. The van der Waals surface area contributed by atoms with Gasteiger partial charge in [-0.25, -0.2) is 0 Å². The van der Waals surface area contributed by atoms with Crippen molar-refractivity contribution in [3.63, 3.8) is 0 Å². The molecule has 2 aromatic carbocycles. The van der Waals surface area contributed by atoms with E-state index >= 15 is 0 Å². The van der Waals surface area contributed by atoms with Gasteiger partial charge in [0.15, 0.2) is 23.6 Å². The summed E-state index contributed by atoms with van der Waals surface area (Å²) in [7, 11) is 0. The van der Waals surface area contributed by atoms with Gasteiger partial charge < -0.3 is 24.8 Å². The average molecular weight is 522 g/mol. The number of aliphatic hydroxyl groups is 1. The Labute approximate surface area is 220 Å². The second-order valence-corrected chi connectivity index (χ2v) is 11.1. The fraction of sp³-hybridized carbons (Fsp3) is 0.483. The lowest BCUT2D eigenvalue weighted by molar-refractivity contribution is -0.242. The predicted octanol–water partition coefficient (Wildman–Crippen LogP) is 2.65. The molecule has 0 spiro atoms. The summed E-state index contributed by atoms with van der Waals surface area (Å²) in [6, 6.07) is 6.46. The number of carbonyl (C=O) groups excluding carboxylic acids is 3. The van der Waals surface area contributed by atoms with Gasteiger partial charge in [0.05, 0.1) is 23.3 Å². The van der Waals surface area contributed by atoms with Crippen molar-refractivity contribution in [1.82, 2.24) is 4.90 Å². The van der Waals surface area contributed by atoms with E-state index in [1.807, 2.05) is 6.92 Å². The van der Waals surface area contributed by atoms with Crippen LogP contribution >= 0.6 is 0 Å². The van der Waals surface area contributed by atoms with Gasteiger partial charge in [0.25, 0.3) is 0 Å². The van der Waals surface area contributed by atoms with Crippen molar-refractivity contribution in [2.75, 3.05) is 13.1 Å². The summed E-state index contributed by atoms with van der Waals surface area (Å²) in [4.78, 5) is 41.7. The Balaban J connectivity index is 1.46. The summed E-state index contributed by atoms with van der Waals surface area (Å²) in [6.07, 6.45) is -1.85. The first-order valence-electron chi connectivity index (χ1n) is 13.1. The second kappa shape index (κ2) is 8.71. The molecule has 6 atom stereocenters. The van der Waals surface area contributed by atoms with E-state index in [9.17, 15) is 29.7 Å². The van der Waals surface area contributed by atoms with Crippen LogP contribution in [-0.2, 0) is 20.7 Å². The van der Waals surface area contributed by atoms with E-state index in [1.165, 1.54) is 19.1 Å². The largest absolute Gasteiger partial charge is 0.507 e. The molecule has 2 aliphatic carbocycles. The van der Waals surface area contributed by atoms with Crippen molar-refractivity contribution >= 4 is 17.3 Å². The van der Waals surface area contributed by atoms with Crippen LogP contribution in [0.15, 0.2) is 24.3 Å². The number of hydrogen-bond acceptors (Lipinski definition) is 9. The molecule has 9 heteroatoms. The van der Waals surface area contributed by atoms with Crippen LogP contribution in [0.5, 0.6) is 11.5 Å². The number of carbonyl (C=O) groups is 3. The van der Waals surface area contributed by atoms with Gasteiger partial charge in [-0.1, -0.05) is 31.2 Å². The van der Waals surface area contributed by atoms with Crippen molar-refractivity contribution in [1.29, 1.82) is 0 Å². The lowest BCUT2D eigenvalue weighted by Crippen LogP contribution is -2.48. The fourth-order valence-corrected chi connectivity index (χ4v) is 6.35. The molecule has 0 saturated carbocycles. The quantitative estimate of drug-likeness (QED) is 0.350. The average Bonchev–Trinajstić information content (AvgIpc) is 3.72. The van der Waals surface area contributed by atoms with Crippen molar-refractivity contribution < 1.29 is 39.2 Å². The minimum absolute atomic E-state index is 0.0236. The molecule has 38 heavy (non-hydrogen) atoms. The van der Waals surface area contributed by atoms with E-state index < -0.39 is 46.8 Å². The summed E-state index contributed by atoms with van der Waals surface area (Å²) in [5, 5.41) is 34.2. The summed E-state index contributed by atoms with van der Waals surface area (Å²) in [5.41, 5.74) is -2.14. The van der Waals surface area contributed by atoms with Gasteiger partial charge in [-0.3, -0.25) is 19.3 Å². The van der Waals surface area contributed by atoms with E-state index in [0.717, 1.165) is 13.1 Å². The lowest BCUT2D eigenvalue weighted by atomic mass is 9.72. The van der Waals surface area contributed by atoms with Crippen molar-refractivity contribution in [3.05, 3.63) is 57.6 Å². The van der Waals surface area contributed by atoms with Crippen LogP contribution in [0.25, 0.3) is 0 Å². The molecule has 0 bridgehead atoms. The molecular formula is C29H31NO8. The summed E-state index contributed by atoms with van der Waals surface area (Å²) < 4.78 is 12.5. The maximum atomic E-state index is 13.5. The number of nitrogens with zero attached hydrogens (tertiary/aromatic N) is 1. The van der Waals surface area contributed by atoms with Crippen LogP contribution in [0.2, 0.25) is 0 Å². The maximum absolute atomic E-state index is 13.5. The number of benzene rings is 2. The normalized spacial score (nSPS) is 32.4. The molecule has 9 nitrogen and oxygen atoms in total. The molecule has 4 aliphatic rings. The third kappa shape index (κ3) is 3.71. The summed E-state index contributed by atoms with van der Waals surface area (Å²) in [6.45, 7) is 7.36. The number of fused-ring (bicyclic) bond motifs is 3. The van der Waals surface area contributed by atoms with Crippen molar-refractivity contribution in [2.45, 2.75) is 70.2 Å². The van der Waals surface area contributed by atoms with Gasteiger partial charge in [-0.2, -0.15) is 0 Å². The van der Waals surface area contributed by atoms with E-state index in [2.05, 4.69) is 11.8 Å². The molecule has 0 radical (unpaired) electrons. The van der Waals surface area contributed by atoms with Crippen LogP contribution in [0.4, 0.5) is 0 Å². The Morgan fingerprint density at radius 2 is 1.66 bits per heavy atom. The molecular weight excluding hydrogens is 490 g/mol. The van der Waals surface area contributed by atoms with Crippen LogP contribution in [0, 0.1) is 5.92 Å². The maximum Gasteiger partial charge on any atom is 0.198 e. The van der Waals surface area contributed by atoms with E-state index in [1.54, 1.807) is 12.1 Å². The molecule has 2 aliphatic heterocycles. The highest BCUT2D eigenvalue weighted by Gasteiger charge is 2.49. The number of phenols is 2. The van der Waals surface area contributed by atoms with Gasteiger partial charge >= 0.3 is 0 Å². The highest BCUT2D eigenvalue weighted by Crippen LogP contribution is 2.52. The highest BCUT2D eigenvalue weighted by atomic mass is 16.7. The number of ketones is 3. The van der Waals surface area contributed by atoms with Crippen LogP contribution in [0.1, 0.15) is 82.7 Å². The van der Waals surface area contributed by atoms with Gasteiger partial charge in [-0.15, -0.1) is 0 Å². The highest BCUT2D eigenvalue weighted by molar-refractivity contribution is 6.30. The number of ether oxygens (including phenoxy) is 2. The van der Waals surface area contributed by atoms with Gasteiger partial charge in [0.1, 0.15) is 17.1 Å². The Morgan fingerprint density at radius 1 is 1.05 bits per heavy atom. The Morgan fingerprint density at radius 3 is 2.24 bits per heavy atom. The van der Waals surface area contributed by atoms with Gasteiger partial charge in [0, 0.05) is 60.6 Å². The topological polar surface area (TPSA) is 133 Å². The minimum Gasteiger partial charge on any atom is -0.507 e. The third-order valence-electron chi connectivity index (χ3n) is 8.84. The Hall–Kier alpha value is -3.11. The van der Waals surface area contributed by atoms with Gasteiger partial charge in [0.2, 0.25) is 0 Å². The zero-order valence-corrected chi connectivity index (χ0v) is 21.6. The molecule has 2 aromatic rings. The first kappa shape index (κ1) is 25.2. The number of aromatic hydroxyl groups is 2. The van der Waals surface area contributed by atoms with Crippen LogP contribution in [0.3, 0.4) is 0 Å². The standard InChI is InChI=1S/C29H31NO8/c1-13-14(2)37-21(10-19(13)30-8-9-30)38-20-12-29(36,15(3)31)11-18-22(20)28(35)24-23(27(18)34)25(32)16-6-4-5-7-17(16)26(24)33/h4-7,13-14,19-21,34-36H,8-12H2,1-3H3/t13?,14?,19?,20-,21-,29-/m0/s1. The third-order valence-corrected chi connectivity index (χ3v) is 8.84. The van der Waals surface area contributed by atoms with E-state index in [-0.39, 0.29) is 64.3 Å². The minimum atomic E-state index is -1.90. The molecule has 2 heterocycles. The van der Waals surface area contributed by atoms with Gasteiger partial charge in [-0.05, 0) is 19.8 Å². The smallest absolute Gasteiger partial charge is 0.198 e. The Kier molecular flexibility index (Phi) is 5.77. The number of rotatable bonds is 4. The summed E-state index contributed by atoms with van der Waals surface area (Å²) in [5.74, 6) is -2.46. The lowest BCUT2D eigenvalue weighted by Gasteiger charge is -2.43. The molecule has 2 fully saturated rings.